The third-order valence-corrected chi connectivity index (χ3v) is 5.40. The van der Waals surface area contributed by atoms with Gasteiger partial charge in [0.15, 0.2) is 0 Å². The normalized spacial score (nSPS) is 22.3. The van der Waals surface area contributed by atoms with E-state index in [2.05, 4.69) is 21.6 Å². The number of H-pyrrole nitrogens is 1. The molecule has 4 nitrogen and oxygen atoms in total. The summed E-state index contributed by atoms with van der Waals surface area (Å²) in [6.45, 7) is 2.74. The van der Waals surface area contributed by atoms with Crippen LogP contribution in [0.25, 0.3) is 0 Å². The van der Waals surface area contributed by atoms with E-state index in [1.165, 1.54) is 4.88 Å². The van der Waals surface area contributed by atoms with E-state index < -0.39 is 5.41 Å². The lowest BCUT2D eigenvalue weighted by molar-refractivity contribution is -0.128. The topological polar surface area (TPSA) is 57.8 Å². The van der Waals surface area contributed by atoms with Gasteiger partial charge in [0, 0.05) is 17.1 Å². The molecule has 2 N–H and O–H groups in total. The number of amides is 1. The molecule has 0 aromatic carbocycles. The molecule has 1 fully saturated rings. The number of nitrogens with zero attached hydrogens (tertiary/aromatic N) is 1. The van der Waals surface area contributed by atoms with Gasteiger partial charge in [0.25, 0.3) is 0 Å². The number of thiophene rings is 1. The molecule has 1 saturated heterocycles. The van der Waals surface area contributed by atoms with Gasteiger partial charge in [-0.15, -0.1) is 11.3 Å². The number of aryl methyl sites for hydroxylation is 2. The minimum absolute atomic E-state index is 0.0804. The van der Waals surface area contributed by atoms with E-state index >= 15 is 0 Å². The second-order valence-corrected chi connectivity index (χ2v) is 7.48. The first-order chi connectivity index (χ1) is 10.1. The van der Waals surface area contributed by atoms with E-state index in [-0.39, 0.29) is 5.91 Å². The van der Waals surface area contributed by atoms with Gasteiger partial charge in [-0.05, 0) is 50.8 Å². The summed E-state index contributed by atoms with van der Waals surface area (Å²) in [6, 6.07) is 6.01. The predicted molar refractivity (Wildman–Crippen MR) is 84.9 cm³/mol. The Morgan fingerprint density at radius 3 is 3.00 bits per heavy atom. The van der Waals surface area contributed by atoms with Gasteiger partial charge in [-0.1, -0.05) is 11.6 Å². The van der Waals surface area contributed by atoms with Crippen molar-refractivity contribution in [3.05, 3.63) is 38.8 Å². The molecule has 1 atom stereocenters. The predicted octanol–water partition coefficient (Wildman–Crippen LogP) is 3.08. The zero-order chi connectivity index (χ0) is 14.9. The Morgan fingerprint density at radius 1 is 1.43 bits per heavy atom. The highest BCUT2D eigenvalue weighted by Crippen LogP contribution is 2.31. The summed E-state index contributed by atoms with van der Waals surface area (Å²) in [5.74, 6) is 0.0804. The van der Waals surface area contributed by atoms with Crippen LogP contribution < -0.4 is 5.32 Å². The summed E-state index contributed by atoms with van der Waals surface area (Å²) >= 11 is 7.54. The van der Waals surface area contributed by atoms with Gasteiger partial charge in [-0.2, -0.15) is 5.10 Å². The minimum atomic E-state index is -0.501. The van der Waals surface area contributed by atoms with Gasteiger partial charge in [0.1, 0.15) is 0 Å². The number of aromatic amines is 1. The maximum atomic E-state index is 12.1. The number of nitrogens with one attached hydrogen (secondary N) is 2. The summed E-state index contributed by atoms with van der Waals surface area (Å²) in [5, 5.41) is 10.4. The molecule has 3 rings (SSSR count). The lowest BCUT2D eigenvalue weighted by Crippen LogP contribution is -2.47. The molecule has 112 valence electrons. The Labute approximate surface area is 132 Å². The smallest absolute Gasteiger partial charge is 0.232 e. The molecule has 1 aliphatic rings. The Kier molecular flexibility index (Phi) is 4.04. The van der Waals surface area contributed by atoms with Crippen LogP contribution in [0.3, 0.4) is 0 Å². The number of halogens is 1. The Bertz CT molecular complexity index is 651. The quantitative estimate of drug-likeness (QED) is 0.908. The van der Waals surface area contributed by atoms with E-state index in [1.54, 1.807) is 11.3 Å². The second kappa shape index (κ2) is 5.81. The van der Waals surface area contributed by atoms with Crippen LogP contribution in [-0.2, 0) is 23.1 Å². The van der Waals surface area contributed by atoms with Crippen molar-refractivity contribution in [2.45, 2.75) is 38.0 Å². The number of piperidine rings is 1. The molecule has 0 bridgehead atoms. The van der Waals surface area contributed by atoms with Gasteiger partial charge in [0.2, 0.25) is 5.91 Å². The van der Waals surface area contributed by atoms with Crippen LogP contribution in [0.4, 0.5) is 0 Å². The van der Waals surface area contributed by atoms with Gasteiger partial charge in [0.05, 0.1) is 15.4 Å². The van der Waals surface area contributed by atoms with E-state index in [1.807, 2.05) is 19.1 Å². The van der Waals surface area contributed by atoms with Crippen LogP contribution in [0.1, 0.15) is 36.0 Å². The molecule has 6 heteroatoms. The molecule has 0 aliphatic carbocycles. The first-order valence-corrected chi connectivity index (χ1v) is 8.35. The molecule has 3 heterocycles. The maximum absolute atomic E-state index is 12.1. The van der Waals surface area contributed by atoms with Crippen LogP contribution >= 0.6 is 22.9 Å². The van der Waals surface area contributed by atoms with Crippen molar-refractivity contribution in [3.8, 4) is 0 Å². The molecule has 1 unspecified atom stereocenters. The summed E-state index contributed by atoms with van der Waals surface area (Å²) in [7, 11) is 0. The van der Waals surface area contributed by atoms with Crippen LogP contribution in [0, 0.1) is 0 Å². The van der Waals surface area contributed by atoms with E-state index in [9.17, 15) is 4.79 Å². The summed E-state index contributed by atoms with van der Waals surface area (Å²) in [5.41, 5.74) is 1.41. The summed E-state index contributed by atoms with van der Waals surface area (Å²) in [6.07, 6.45) is 3.66. The zero-order valence-corrected chi connectivity index (χ0v) is 13.5. The fraction of sp³-hybridized carbons (Fsp3) is 0.467. The molecule has 2 aromatic rings. The standard InChI is InChI=1S/C15H18ClN3OS/c1-15(7-2-8-17-14(15)20)12-9-10(18-19-12)3-4-11-5-6-13(16)21-11/h5-6,9H,2-4,7-8H2,1H3,(H,17,20)(H,18,19). The molecule has 0 spiro atoms. The molecule has 0 radical (unpaired) electrons. The van der Waals surface area contributed by atoms with Gasteiger partial charge in [-0.25, -0.2) is 0 Å². The van der Waals surface area contributed by atoms with Crippen molar-refractivity contribution >= 4 is 28.8 Å². The van der Waals surface area contributed by atoms with Gasteiger partial charge in [-0.3, -0.25) is 9.89 Å². The van der Waals surface area contributed by atoms with Crippen LogP contribution in [0.2, 0.25) is 4.34 Å². The second-order valence-electron chi connectivity index (χ2n) is 5.68. The Morgan fingerprint density at radius 2 is 2.29 bits per heavy atom. The molecule has 1 amide bonds. The number of carbonyl (C=O) groups excluding carboxylic acids is 1. The van der Waals surface area contributed by atoms with Crippen molar-refractivity contribution in [2.75, 3.05) is 6.54 Å². The number of rotatable bonds is 4. The van der Waals surface area contributed by atoms with Crippen molar-refractivity contribution in [1.82, 2.24) is 15.5 Å². The third kappa shape index (κ3) is 2.99. The van der Waals surface area contributed by atoms with Crippen molar-refractivity contribution in [3.63, 3.8) is 0 Å². The average Bonchev–Trinajstić information content (AvgIpc) is 3.09. The highest BCUT2D eigenvalue weighted by atomic mass is 35.5. The Balaban J connectivity index is 1.69. The average molecular weight is 324 g/mol. The molecule has 0 saturated carbocycles. The SMILES string of the molecule is CC1(c2cc(CCc3ccc(Cl)s3)[nH]n2)CCCNC1=O. The third-order valence-electron chi connectivity index (χ3n) is 4.11. The highest BCUT2D eigenvalue weighted by molar-refractivity contribution is 7.16. The number of aromatic nitrogens is 2. The first-order valence-electron chi connectivity index (χ1n) is 7.15. The number of carbonyl (C=O) groups is 1. The lowest BCUT2D eigenvalue weighted by atomic mass is 9.79. The van der Waals surface area contributed by atoms with Crippen LogP contribution in [0.5, 0.6) is 0 Å². The molecular formula is C15H18ClN3OS. The Hall–Kier alpha value is -1.33. The lowest BCUT2D eigenvalue weighted by Gasteiger charge is -2.30. The van der Waals surface area contributed by atoms with E-state index in [0.717, 1.165) is 48.0 Å². The van der Waals surface area contributed by atoms with Gasteiger partial charge >= 0.3 is 0 Å². The molecule has 2 aromatic heterocycles. The summed E-state index contributed by atoms with van der Waals surface area (Å²) < 4.78 is 0.821. The minimum Gasteiger partial charge on any atom is -0.355 e. The molecule has 1 aliphatic heterocycles. The van der Waals surface area contributed by atoms with Crippen molar-refractivity contribution < 1.29 is 4.79 Å². The van der Waals surface area contributed by atoms with Crippen LogP contribution in [0.15, 0.2) is 18.2 Å². The molecular weight excluding hydrogens is 306 g/mol. The first kappa shape index (κ1) is 14.6. The zero-order valence-electron chi connectivity index (χ0n) is 11.9. The number of hydrogen-bond donors (Lipinski definition) is 2. The largest absolute Gasteiger partial charge is 0.355 e. The monoisotopic (exact) mass is 323 g/mol. The van der Waals surface area contributed by atoms with E-state index in [4.69, 9.17) is 11.6 Å². The van der Waals surface area contributed by atoms with Crippen LogP contribution in [-0.4, -0.2) is 22.6 Å². The van der Waals surface area contributed by atoms with Crippen molar-refractivity contribution in [1.29, 1.82) is 0 Å². The summed E-state index contributed by atoms with van der Waals surface area (Å²) in [4.78, 5) is 13.4. The fourth-order valence-corrected chi connectivity index (χ4v) is 3.80. The maximum Gasteiger partial charge on any atom is 0.232 e. The van der Waals surface area contributed by atoms with Gasteiger partial charge < -0.3 is 5.32 Å². The van der Waals surface area contributed by atoms with E-state index in [0.29, 0.717) is 0 Å². The molecule has 21 heavy (non-hydrogen) atoms. The van der Waals surface area contributed by atoms with Crippen molar-refractivity contribution in [2.24, 2.45) is 0 Å². The fourth-order valence-electron chi connectivity index (χ4n) is 2.71. The highest BCUT2D eigenvalue weighted by Gasteiger charge is 2.39. The number of hydrogen-bond acceptors (Lipinski definition) is 3.